The van der Waals surface area contributed by atoms with Gasteiger partial charge < -0.3 is 10.4 Å². The summed E-state index contributed by atoms with van der Waals surface area (Å²) in [7, 11) is 0. The highest BCUT2D eigenvalue weighted by Crippen LogP contribution is 2.25. The number of nitrogens with one attached hydrogen (secondary N) is 1. The maximum atomic E-state index is 13.5. The largest absolute Gasteiger partial charge is 0.387 e. The lowest BCUT2D eigenvalue weighted by Crippen LogP contribution is -2.25. The molecule has 1 aliphatic carbocycles. The van der Waals surface area contributed by atoms with Gasteiger partial charge in [0.15, 0.2) is 0 Å². The van der Waals surface area contributed by atoms with Crippen molar-refractivity contribution in [3.8, 4) is 0 Å². The second-order valence-electron chi connectivity index (χ2n) is 5.68. The van der Waals surface area contributed by atoms with Gasteiger partial charge in [0.25, 0.3) is 0 Å². The topological polar surface area (TPSA) is 32.3 Å². The van der Waals surface area contributed by atoms with E-state index in [9.17, 15) is 13.9 Å². The maximum Gasteiger partial charge on any atom is 0.131 e. The van der Waals surface area contributed by atoms with Crippen LogP contribution in [0.4, 0.5) is 8.78 Å². The Morgan fingerprint density at radius 1 is 1.20 bits per heavy atom. The molecule has 1 aromatic carbocycles. The highest BCUT2D eigenvalue weighted by molar-refractivity contribution is 5.21. The molecular weight excluding hydrogens is 260 g/mol. The average molecular weight is 283 g/mol. The van der Waals surface area contributed by atoms with Crippen molar-refractivity contribution in [1.82, 2.24) is 5.32 Å². The molecule has 1 aromatic rings. The first-order valence-electron chi connectivity index (χ1n) is 7.50. The van der Waals surface area contributed by atoms with Crippen LogP contribution < -0.4 is 5.32 Å². The minimum atomic E-state index is -0.929. The Morgan fingerprint density at radius 3 is 2.65 bits per heavy atom. The number of halogens is 2. The summed E-state index contributed by atoms with van der Waals surface area (Å²) in [4.78, 5) is 0. The highest BCUT2D eigenvalue weighted by Gasteiger charge is 2.15. The van der Waals surface area contributed by atoms with Crippen LogP contribution in [0.1, 0.15) is 50.2 Å². The number of hydrogen-bond donors (Lipinski definition) is 2. The van der Waals surface area contributed by atoms with Crippen LogP contribution in [0.5, 0.6) is 0 Å². The minimum absolute atomic E-state index is 0.150. The van der Waals surface area contributed by atoms with Gasteiger partial charge in [-0.05, 0) is 24.9 Å². The molecular formula is C16H23F2NO. The van der Waals surface area contributed by atoms with Gasteiger partial charge in [0, 0.05) is 18.2 Å². The molecule has 2 nitrogen and oxygen atoms in total. The molecule has 1 aliphatic rings. The molecule has 1 unspecified atom stereocenters. The van der Waals surface area contributed by atoms with E-state index in [1.54, 1.807) is 0 Å². The van der Waals surface area contributed by atoms with E-state index in [1.807, 2.05) is 0 Å². The van der Waals surface area contributed by atoms with E-state index in [1.165, 1.54) is 44.2 Å². The lowest BCUT2D eigenvalue weighted by atomic mass is 9.87. The second-order valence-corrected chi connectivity index (χ2v) is 5.68. The number of rotatable bonds is 6. The smallest absolute Gasteiger partial charge is 0.131 e. The van der Waals surface area contributed by atoms with Crippen molar-refractivity contribution in [2.45, 2.75) is 44.6 Å². The Morgan fingerprint density at radius 2 is 1.95 bits per heavy atom. The van der Waals surface area contributed by atoms with Crippen molar-refractivity contribution in [1.29, 1.82) is 0 Å². The zero-order valence-corrected chi connectivity index (χ0v) is 11.7. The first kappa shape index (κ1) is 15.4. The Labute approximate surface area is 119 Å². The van der Waals surface area contributed by atoms with Crippen molar-refractivity contribution >= 4 is 0 Å². The maximum absolute atomic E-state index is 13.5. The van der Waals surface area contributed by atoms with Gasteiger partial charge in [0.1, 0.15) is 11.6 Å². The van der Waals surface area contributed by atoms with Crippen LogP contribution in [-0.4, -0.2) is 18.2 Å². The molecule has 4 heteroatoms. The summed E-state index contributed by atoms with van der Waals surface area (Å²) in [6.45, 7) is 1.14. The van der Waals surface area contributed by atoms with Crippen LogP contribution in [-0.2, 0) is 0 Å². The van der Waals surface area contributed by atoms with Crippen molar-refractivity contribution in [3.05, 3.63) is 35.4 Å². The van der Waals surface area contributed by atoms with E-state index in [2.05, 4.69) is 5.32 Å². The summed E-state index contributed by atoms with van der Waals surface area (Å²) in [5.41, 5.74) is 0.150. The summed E-state index contributed by atoms with van der Waals surface area (Å²) in [5, 5.41) is 13.1. The van der Waals surface area contributed by atoms with Crippen LogP contribution >= 0.6 is 0 Å². The zero-order chi connectivity index (χ0) is 14.4. The Balaban J connectivity index is 1.70. The third-order valence-corrected chi connectivity index (χ3v) is 4.11. The fourth-order valence-corrected chi connectivity index (χ4v) is 2.90. The Hall–Kier alpha value is -1.00. The fourth-order valence-electron chi connectivity index (χ4n) is 2.90. The molecule has 0 heterocycles. The highest BCUT2D eigenvalue weighted by atomic mass is 19.1. The van der Waals surface area contributed by atoms with Crippen LogP contribution in [0.15, 0.2) is 18.2 Å². The summed E-state index contributed by atoms with van der Waals surface area (Å²) < 4.78 is 26.3. The lowest BCUT2D eigenvalue weighted by Gasteiger charge is -2.22. The van der Waals surface area contributed by atoms with Crippen LogP contribution in [0.25, 0.3) is 0 Å². The molecule has 112 valence electrons. The van der Waals surface area contributed by atoms with Crippen molar-refractivity contribution < 1.29 is 13.9 Å². The molecule has 0 aromatic heterocycles. The number of aliphatic hydroxyl groups excluding tert-OH is 1. The molecule has 1 saturated carbocycles. The van der Waals surface area contributed by atoms with E-state index in [4.69, 9.17) is 0 Å². The predicted octanol–water partition coefficient (Wildman–Crippen LogP) is 3.56. The molecule has 0 bridgehead atoms. The van der Waals surface area contributed by atoms with E-state index < -0.39 is 17.7 Å². The van der Waals surface area contributed by atoms with Gasteiger partial charge in [-0.1, -0.05) is 38.2 Å². The molecule has 0 aliphatic heterocycles. The van der Waals surface area contributed by atoms with Crippen molar-refractivity contribution in [3.63, 3.8) is 0 Å². The molecule has 1 fully saturated rings. The van der Waals surface area contributed by atoms with E-state index in [0.717, 1.165) is 24.9 Å². The summed E-state index contributed by atoms with van der Waals surface area (Å²) in [5.74, 6) is -0.522. The Kier molecular flexibility index (Phi) is 5.92. The molecule has 0 amide bonds. The number of benzene rings is 1. The molecule has 0 radical (unpaired) electrons. The minimum Gasteiger partial charge on any atom is -0.387 e. The number of aliphatic hydroxyl groups is 1. The summed E-state index contributed by atoms with van der Waals surface area (Å²) >= 11 is 0. The van der Waals surface area contributed by atoms with E-state index in [-0.39, 0.29) is 5.56 Å². The van der Waals surface area contributed by atoms with Gasteiger partial charge in [-0.2, -0.15) is 0 Å². The third kappa shape index (κ3) is 4.53. The second kappa shape index (κ2) is 7.70. The van der Waals surface area contributed by atoms with E-state index >= 15 is 0 Å². The molecule has 2 rings (SSSR count). The first-order chi connectivity index (χ1) is 9.66. The molecule has 0 spiro atoms. The van der Waals surface area contributed by atoms with Gasteiger partial charge >= 0.3 is 0 Å². The first-order valence-corrected chi connectivity index (χ1v) is 7.50. The monoisotopic (exact) mass is 283 g/mol. The van der Waals surface area contributed by atoms with Gasteiger partial charge in [0.2, 0.25) is 0 Å². The quantitative estimate of drug-likeness (QED) is 0.782. The lowest BCUT2D eigenvalue weighted by molar-refractivity contribution is 0.168. The predicted molar refractivity (Wildman–Crippen MR) is 75.4 cm³/mol. The molecule has 20 heavy (non-hydrogen) atoms. The van der Waals surface area contributed by atoms with Gasteiger partial charge in [-0.3, -0.25) is 0 Å². The van der Waals surface area contributed by atoms with E-state index in [0.29, 0.717) is 6.54 Å². The van der Waals surface area contributed by atoms with Crippen LogP contribution in [0.3, 0.4) is 0 Å². The van der Waals surface area contributed by atoms with Gasteiger partial charge in [-0.15, -0.1) is 0 Å². The molecule has 1 atom stereocenters. The van der Waals surface area contributed by atoms with Gasteiger partial charge in [-0.25, -0.2) is 8.78 Å². The summed E-state index contributed by atoms with van der Waals surface area (Å²) in [6.07, 6.45) is 6.79. The summed E-state index contributed by atoms with van der Waals surface area (Å²) in [6, 6.07) is 3.28. The Bertz CT molecular complexity index is 419. The molecule has 0 saturated heterocycles. The van der Waals surface area contributed by atoms with Crippen LogP contribution in [0.2, 0.25) is 0 Å². The molecule has 2 N–H and O–H groups in total. The average Bonchev–Trinajstić information content (AvgIpc) is 2.44. The SMILES string of the molecule is OC(CNCCC1CCCCC1)c1ccc(F)cc1F. The number of hydrogen-bond acceptors (Lipinski definition) is 2. The van der Waals surface area contributed by atoms with Crippen LogP contribution in [0, 0.1) is 17.6 Å². The third-order valence-electron chi connectivity index (χ3n) is 4.11. The zero-order valence-electron chi connectivity index (χ0n) is 11.7. The van der Waals surface area contributed by atoms with Crippen molar-refractivity contribution in [2.24, 2.45) is 5.92 Å². The van der Waals surface area contributed by atoms with Gasteiger partial charge in [0.05, 0.1) is 6.10 Å². The fraction of sp³-hybridized carbons (Fsp3) is 0.625. The van der Waals surface area contributed by atoms with Crippen molar-refractivity contribution in [2.75, 3.05) is 13.1 Å². The normalized spacial score (nSPS) is 18.1. The standard InChI is InChI=1S/C16H23F2NO/c17-13-6-7-14(15(18)10-13)16(20)11-19-9-8-12-4-2-1-3-5-12/h6-7,10,12,16,19-20H,1-5,8-9,11H2.